The number of aliphatic carboxylic acids is 1. The maximum atomic E-state index is 11.8. The van der Waals surface area contributed by atoms with Gasteiger partial charge in [0.1, 0.15) is 0 Å². The summed E-state index contributed by atoms with van der Waals surface area (Å²) in [4.78, 5) is 22.2. The van der Waals surface area contributed by atoms with E-state index >= 15 is 0 Å². The Morgan fingerprint density at radius 2 is 1.95 bits per heavy atom. The molecular weight excluding hydrogens is 244 g/mol. The number of benzene rings is 1. The van der Waals surface area contributed by atoms with E-state index in [9.17, 15) is 9.59 Å². The van der Waals surface area contributed by atoms with Gasteiger partial charge in [-0.15, -0.1) is 0 Å². The van der Waals surface area contributed by atoms with Gasteiger partial charge in [0.05, 0.1) is 0 Å². The Morgan fingerprint density at radius 3 is 2.47 bits per heavy atom. The van der Waals surface area contributed by atoms with Gasteiger partial charge in [0, 0.05) is 18.0 Å². The SMILES string of the molecule is CC(CCN)C(=O)Nc1ccc(CCC(=O)O)cc1. The fourth-order valence-electron chi connectivity index (χ4n) is 1.65. The maximum absolute atomic E-state index is 11.8. The maximum Gasteiger partial charge on any atom is 0.303 e. The summed E-state index contributed by atoms with van der Waals surface area (Å²) < 4.78 is 0. The van der Waals surface area contributed by atoms with E-state index in [0.717, 1.165) is 5.56 Å². The molecule has 0 aliphatic carbocycles. The summed E-state index contributed by atoms with van der Waals surface area (Å²) in [5.41, 5.74) is 7.07. The number of aryl methyl sites for hydroxylation is 1. The number of nitrogens with two attached hydrogens (primary N) is 1. The van der Waals surface area contributed by atoms with Gasteiger partial charge in [0.2, 0.25) is 5.91 Å². The number of rotatable bonds is 7. The Balaban J connectivity index is 2.52. The van der Waals surface area contributed by atoms with Crippen LogP contribution in [0.15, 0.2) is 24.3 Å². The molecule has 4 N–H and O–H groups in total. The van der Waals surface area contributed by atoms with Gasteiger partial charge in [-0.05, 0) is 37.1 Å². The first kappa shape index (κ1) is 15.2. The van der Waals surface area contributed by atoms with Crippen molar-refractivity contribution >= 4 is 17.6 Å². The van der Waals surface area contributed by atoms with E-state index in [1.807, 2.05) is 19.1 Å². The highest BCUT2D eigenvalue weighted by Gasteiger charge is 2.11. The first-order chi connectivity index (χ1) is 9.02. The summed E-state index contributed by atoms with van der Waals surface area (Å²) in [6.45, 7) is 2.33. The summed E-state index contributed by atoms with van der Waals surface area (Å²) in [6.07, 6.45) is 1.26. The molecule has 0 bridgehead atoms. The molecule has 1 aromatic carbocycles. The topological polar surface area (TPSA) is 92.4 Å². The van der Waals surface area contributed by atoms with Gasteiger partial charge >= 0.3 is 5.97 Å². The van der Waals surface area contributed by atoms with Gasteiger partial charge in [0.15, 0.2) is 0 Å². The summed E-state index contributed by atoms with van der Waals surface area (Å²) in [5.74, 6) is -0.978. The van der Waals surface area contributed by atoms with Crippen molar-refractivity contribution in [2.24, 2.45) is 11.7 Å². The van der Waals surface area contributed by atoms with Crippen molar-refractivity contribution in [3.05, 3.63) is 29.8 Å². The van der Waals surface area contributed by atoms with Crippen molar-refractivity contribution in [3.63, 3.8) is 0 Å². The molecule has 1 aromatic rings. The van der Waals surface area contributed by atoms with Crippen LogP contribution in [0.2, 0.25) is 0 Å². The quantitative estimate of drug-likeness (QED) is 0.697. The third-order valence-electron chi connectivity index (χ3n) is 2.90. The molecule has 0 aromatic heterocycles. The number of carboxylic acids is 1. The molecule has 0 radical (unpaired) electrons. The summed E-state index contributed by atoms with van der Waals surface area (Å²) in [6, 6.07) is 7.22. The molecule has 1 atom stereocenters. The molecule has 1 rings (SSSR count). The average molecular weight is 264 g/mol. The number of amides is 1. The zero-order valence-corrected chi connectivity index (χ0v) is 11.1. The molecule has 0 saturated heterocycles. The molecule has 19 heavy (non-hydrogen) atoms. The first-order valence-electron chi connectivity index (χ1n) is 6.34. The minimum atomic E-state index is -0.812. The average Bonchev–Trinajstić information content (AvgIpc) is 2.38. The number of carbonyl (C=O) groups is 2. The molecule has 0 spiro atoms. The van der Waals surface area contributed by atoms with E-state index in [1.54, 1.807) is 12.1 Å². The first-order valence-corrected chi connectivity index (χ1v) is 6.34. The Labute approximate surface area is 112 Å². The fraction of sp³-hybridized carbons (Fsp3) is 0.429. The molecule has 0 aliphatic heterocycles. The molecule has 5 nitrogen and oxygen atoms in total. The van der Waals surface area contributed by atoms with Gasteiger partial charge in [-0.25, -0.2) is 0 Å². The van der Waals surface area contributed by atoms with Crippen LogP contribution in [0.5, 0.6) is 0 Å². The summed E-state index contributed by atoms with van der Waals surface area (Å²) in [7, 11) is 0. The van der Waals surface area contributed by atoms with Crippen LogP contribution in [0.3, 0.4) is 0 Å². The zero-order valence-electron chi connectivity index (χ0n) is 11.1. The van der Waals surface area contributed by atoms with E-state index in [1.165, 1.54) is 0 Å². The summed E-state index contributed by atoms with van der Waals surface area (Å²) >= 11 is 0. The van der Waals surface area contributed by atoms with Crippen molar-refractivity contribution in [2.75, 3.05) is 11.9 Å². The van der Waals surface area contributed by atoms with Crippen LogP contribution in [0.4, 0.5) is 5.69 Å². The van der Waals surface area contributed by atoms with Crippen LogP contribution in [0.1, 0.15) is 25.3 Å². The highest BCUT2D eigenvalue weighted by Crippen LogP contribution is 2.13. The van der Waals surface area contributed by atoms with E-state index in [0.29, 0.717) is 25.1 Å². The molecule has 1 amide bonds. The monoisotopic (exact) mass is 264 g/mol. The van der Waals surface area contributed by atoms with Crippen molar-refractivity contribution in [1.82, 2.24) is 0 Å². The van der Waals surface area contributed by atoms with Gasteiger partial charge < -0.3 is 16.2 Å². The van der Waals surface area contributed by atoms with Crippen molar-refractivity contribution in [1.29, 1.82) is 0 Å². The van der Waals surface area contributed by atoms with Crippen LogP contribution < -0.4 is 11.1 Å². The molecule has 0 aliphatic rings. The second-order valence-corrected chi connectivity index (χ2v) is 4.56. The van der Waals surface area contributed by atoms with Crippen LogP contribution in [-0.4, -0.2) is 23.5 Å². The van der Waals surface area contributed by atoms with Gasteiger partial charge in [-0.2, -0.15) is 0 Å². The molecule has 0 fully saturated rings. The molecule has 0 saturated carbocycles. The fourth-order valence-corrected chi connectivity index (χ4v) is 1.65. The predicted octanol–water partition coefficient (Wildman–Crippen LogP) is 1.63. The Kier molecular flexibility index (Phi) is 6.02. The van der Waals surface area contributed by atoms with E-state index in [-0.39, 0.29) is 18.2 Å². The standard InChI is InChI=1S/C14H20N2O3/c1-10(8-9-15)14(19)16-12-5-2-11(3-6-12)4-7-13(17)18/h2-3,5-6,10H,4,7-9,15H2,1H3,(H,16,19)(H,17,18). The van der Waals surface area contributed by atoms with Crippen LogP contribution in [0, 0.1) is 5.92 Å². The minimum Gasteiger partial charge on any atom is -0.481 e. The Hall–Kier alpha value is -1.88. The van der Waals surface area contributed by atoms with Crippen LogP contribution in [-0.2, 0) is 16.0 Å². The normalized spacial score (nSPS) is 11.9. The number of anilines is 1. The lowest BCUT2D eigenvalue weighted by Gasteiger charge is -2.11. The lowest BCUT2D eigenvalue weighted by Crippen LogP contribution is -2.22. The smallest absolute Gasteiger partial charge is 0.303 e. The number of carbonyl (C=O) groups excluding carboxylic acids is 1. The molecule has 0 heterocycles. The van der Waals surface area contributed by atoms with Crippen molar-refractivity contribution < 1.29 is 14.7 Å². The van der Waals surface area contributed by atoms with Crippen molar-refractivity contribution in [2.45, 2.75) is 26.2 Å². The van der Waals surface area contributed by atoms with Crippen LogP contribution >= 0.6 is 0 Å². The van der Waals surface area contributed by atoms with Gasteiger partial charge in [0.25, 0.3) is 0 Å². The number of hydrogen-bond acceptors (Lipinski definition) is 3. The van der Waals surface area contributed by atoms with E-state index in [2.05, 4.69) is 5.32 Å². The van der Waals surface area contributed by atoms with Crippen molar-refractivity contribution in [3.8, 4) is 0 Å². The lowest BCUT2D eigenvalue weighted by atomic mass is 10.1. The second kappa shape index (κ2) is 7.53. The second-order valence-electron chi connectivity index (χ2n) is 4.56. The third-order valence-corrected chi connectivity index (χ3v) is 2.90. The molecular formula is C14H20N2O3. The lowest BCUT2D eigenvalue weighted by molar-refractivity contribution is -0.137. The van der Waals surface area contributed by atoms with E-state index in [4.69, 9.17) is 10.8 Å². The van der Waals surface area contributed by atoms with Gasteiger partial charge in [-0.1, -0.05) is 19.1 Å². The van der Waals surface area contributed by atoms with E-state index < -0.39 is 5.97 Å². The molecule has 104 valence electrons. The number of nitrogens with one attached hydrogen (secondary N) is 1. The predicted molar refractivity (Wildman–Crippen MR) is 73.9 cm³/mol. The Morgan fingerprint density at radius 1 is 1.32 bits per heavy atom. The van der Waals surface area contributed by atoms with Gasteiger partial charge in [-0.3, -0.25) is 9.59 Å². The third kappa shape index (κ3) is 5.52. The highest BCUT2D eigenvalue weighted by molar-refractivity contribution is 5.92. The molecule has 5 heteroatoms. The Bertz CT molecular complexity index is 429. The minimum absolute atomic E-state index is 0.0521. The highest BCUT2D eigenvalue weighted by atomic mass is 16.4. The number of carboxylic acid groups (broad SMARTS) is 1. The number of hydrogen-bond donors (Lipinski definition) is 3. The largest absolute Gasteiger partial charge is 0.481 e. The zero-order chi connectivity index (χ0) is 14.3. The van der Waals surface area contributed by atoms with Crippen LogP contribution in [0.25, 0.3) is 0 Å². The summed E-state index contributed by atoms with van der Waals surface area (Å²) in [5, 5.41) is 11.4. The molecule has 1 unspecified atom stereocenters.